The highest BCUT2D eigenvalue weighted by atomic mass is 16.6. The van der Waals surface area contributed by atoms with E-state index >= 15 is 0 Å². The van der Waals surface area contributed by atoms with Crippen molar-refractivity contribution in [3.8, 4) is 11.5 Å². The third-order valence-corrected chi connectivity index (χ3v) is 5.55. The van der Waals surface area contributed by atoms with Gasteiger partial charge in [-0.15, -0.1) is 0 Å². The fraction of sp³-hybridized carbons (Fsp3) is 0.632. The molecule has 2 aliphatic heterocycles. The summed E-state index contributed by atoms with van der Waals surface area (Å²) in [4.78, 5) is 15.3. The minimum absolute atomic E-state index is 0.125. The van der Waals surface area contributed by atoms with Crippen molar-refractivity contribution in [3.63, 3.8) is 0 Å². The number of hydrogen-bond donors (Lipinski definition) is 0. The van der Waals surface area contributed by atoms with E-state index in [1.54, 1.807) is 0 Å². The number of carbonyl (C=O) groups is 1. The van der Waals surface area contributed by atoms with Gasteiger partial charge in [-0.3, -0.25) is 4.79 Å². The van der Waals surface area contributed by atoms with Gasteiger partial charge in [-0.05, 0) is 43.7 Å². The number of amides is 1. The molecule has 1 atom stereocenters. The van der Waals surface area contributed by atoms with E-state index in [1.807, 2.05) is 18.2 Å². The second kappa shape index (κ2) is 6.42. The first-order valence-electron chi connectivity index (χ1n) is 9.04. The van der Waals surface area contributed by atoms with E-state index in [9.17, 15) is 4.79 Å². The average molecular weight is 315 g/mol. The third kappa shape index (κ3) is 2.79. The van der Waals surface area contributed by atoms with Crippen LogP contribution in [0.25, 0.3) is 0 Å². The monoisotopic (exact) mass is 315 g/mol. The van der Waals surface area contributed by atoms with Crippen molar-refractivity contribution in [2.45, 2.75) is 51.0 Å². The minimum atomic E-state index is 0.125. The number of fused-ring (bicyclic) bond motifs is 1. The number of nitrogens with zero attached hydrogens (tertiary/aromatic N) is 1. The van der Waals surface area contributed by atoms with Gasteiger partial charge in [0.05, 0.1) is 5.56 Å². The Bertz CT molecular complexity index is 580. The molecule has 0 bridgehead atoms. The molecule has 2 heterocycles. The Hall–Kier alpha value is -1.71. The molecular weight excluding hydrogens is 290 g/mol. The molecule has 4 nitrogen and oxygen atoms in total. The Morgan fingerprint density at radius 1 is 1.00 bits per heavy atom. The highest BCUT2D eigenvalue weighted by molar-refractivity contribution is 5.98. The van der Waals surface area contributed by atoms with Crippen LogP contribution in [-0.4, -0.2) is 36.6 Å². The molecule has 1 saturated heterocycles. The molecule has 1 saturated carbocycles. The second-order valence-electron chi connectivity index (χ2n) is 6.94. The molecule has 23 heavy (non-hydrogen) atoms. The molecule has 3 aliphatic rings. The number of likely N-dealkylation sites (tertiary alicyclic amines) is 1. The highest BCUT2D eigenvalue weighted by Crippen LogP contribution is 2.38. The topological polar surface area (TPSA) is 38.8 Å². The van der Waals surface area contributed by atoms with Crippen LogP contribution in [-0.2, 0) is 0 Å². The summed E-state index contributed by atoms with van der Waals surface area (Å²) in [7, 11) is 0. The maximum absolute atomic E-state index is 13.2. The van der Waals surface area contributed by atoms with Gasteiger partial charge in [-0.25, -0.2) is 0 Å². The Labute approximate surface area is 137 Å². The summed E-state index contributed by atoms with van der Waals surface area (Å²) in [5, 5.41) is 0. The first-order chi connectivity index (χ1) is 11.3. The van der Waals surface area contributed by atoms with Crippen LogP contribution >= 0.6 is 0 Å². The van der Waals surface area contributed by atoms with Crippen molar-refractivity contribution in [1.29, 1.82) is 0 Å². The van der Waals surface area contributed by atoms with Gasteiger partial charge >= 0.3 is 0 Å². The van der Waals surface area contributed by atoms with E-state index in [2.05, 4.69) is 4.90 Å². The van der Waals surface area contributed by atoms with Crippen LogP contribution in [0.3, 0.4) is 0 Å². The summed E-state index contributed by atoms with van der Waals surface area (Å²) in [6.45, 7) is 1.95. The van der Waals surface area contributed by atoms with Gasteiger partial charge in [0.2, 0.25) is 0 Å². The quantitative estimate of drug-likeness (QED) is 0.836. The number of rotatable bonds is 2. The van der Waals surface area contributed by atoms with Gasteiger partial charge in [0.15, 0.2) is 11.5 Å². The number of para-hydroxylation sites is 1. The van der Waals surface area contributed by atoms with Crippen LogP contribution in [0.15, 0.2) is 18.2 Å². The van der Waals surface area contributed by atoms with E-state index in [4.69, 9.17) is 9.47 Å². The zero-order valence-electron chi connectivity index (χ0n) is 13.6. The molecule has 0 radical (unpaired) electrons. The van der Waals surface area contributed by atoms with Crippen molar-refractivity contribution >= 4 is 5.91 Å². The molecule has 0 unspecified atom stereocenters. The van der Waals surface area contributed by atoms with Crippen LogP contribution in [0.2, 0.25) is 0 Å². The van der Waals surface area contributed by atoms with E-state index in [-0.39, 0.29) is 5.91 Å². The van der Waals surface area contributed by atoms with Gasteiger partial charge in [0.25, 0.3) is 5.91 Å². The first-order valence-corrected chi connectivity index (χ1v) is 9.04. The number of hydrogen-bond acceptors (Lipinski definition) is 3. The fourth-order valence-electron chi connectivity index (χ4n) is 4.45. The summed E-state index contributed by atoms with van der Waals surface area (Å²) in [5.41, 5.74) is 0.671. The fourth-order valence-corrected chi connectivity index (χ4v) is 4.45. The lowest BCUT2D eigenvalue weighted by molar-refractivity contribution is 0.0652. The van der Waals surface area contributed by atoms with Gasteiger partial charge in [0.1, 0.15) is 13.2 Å². The maximum Gasteiger partial charge on any atom is 0.258 e. The van der Waals surface area contributed by atoms with E-state index in [0.29, 0.717) is 42.2 Å². The molecule has 1 amide bonds. The number of ether oxygens (including phenoxy) is 2. The zero-order chi connectivity index (χ0) is 15.6. The van der Waals surface area contributed by atoms with Crippen molar-refractivity contribution in [2.24, 2.45) is 5.92 Å². The van der Waals surface area contributed by atoms with Crippen LogP contribution < -0.4 is 9.47 Å². The SMILES string of the molecule is O=C(c1cccc2c1OCCO2)N1CCC[C@@H]1C1CCCCC1. The lowest BCUT2D eigenvalue weighted by Gasteiger charge is -2.34. The summed E-state index contributed by atoms with van der Waals surface area (Å²) in [5.74, 6) is 2.15. The predicted octanol–water partition coefficient (Wildman–Crippen LogP) is 3.64. The highest BCUT2D eigenvalue weighted by Gasteiger charge is 2.36. The Morgan fingerprint density at radius 2 is 1.83 bits per heavy atom. The smallest absolute Gasteiger partial charge is 0.258 e. The van der Waals surface area contributed by atoms with Crippen molar-refractivity contribution in [1.82, 2.24) is 4.90 Å². The lowest BCUT2D eigenvalue weighted by Crippen LogP contribution is -2.41. The van der Waals surface area contributed by atoms with Gasteiger partial charge in [-0.1, -0.05) is 25.3 Å². The normalized spacial score (nSPS) is 24.7. The standard InChI is InChI=1S/C19H25NO3/c21-19(15-8-4-10-17-18(15)23-13-12-22-17)20-11-5-9-16(20)14-6-2-1-3-7-14/h4,8,10,14,16H,1-3,5-7,9,11-13H2/t16-/m1/s1. The molecule has 1 aromatic carbocycles. The van der Waals surface area contributed by atoms with Crippen LogP contribution in [0.4, 0.5) is 0 Å². The van der Waals surface area contributed by atoms with Crippen LogP contribution in [0.1, 0.15) is 55.3 Å². The Balaban J connectivity index is 1.58. The summed E-state index contributed by atoms with van der Waals surface area (Å²) < 4.78 is 11.4. The Kier molecular flexibility index (Phi) is 4.15. The summed E-state index contributed by atoms with van der Waals surface area (Å²) >= 11 is 0. The number of carbonyl (C=O) groups excluding carboxylic acids is 1. The summed E-state index contributed by atoms with van der Waals surface area (Å²) in [6, 6.07) is 6.08. The van der Waals surface area contributed by atoms with Crippen molar-refractivity contribution in [2.75, 3.05) is 19.8 Å². The molecule has 0 spiro atoms. The number of benzene rings is 1. The summed E-state index contributed by atoms with van der Waals surface area (Å²) in [6.07, 6.45) is 8.83. The molecule has 0 aromatic heterocycles. The largest absolute Gasteiger partial charge is 0.486 e. The minimum Gasteiger partial charge on any atom is -0.486 e. The van der Waals surface area contributed by atoms with Crippen molar-refractivity contribution < 1.29 is 14.3 Å². The molecule has 2 fully saturated rings. The second-order valence-corrected chi connectivity index (χ2v) is 6.94. The predicted molar refractivity (Wildman–Crippen MR) is 88.1 cm³/mol. The van der Waals surface area contributed by atoms with Crippen molar-refractivity contribution in [3.05, 3.63) is 23.8 Å². The molecule has 1 aliphatic carbocycles. The van der Waals surface area contributed by atoms with Gasteiger partial charge in [-0.2, -0.15) is 0 Å². The Morgan fingerprint density at radius 3 is 2.70 bits per heavy atom. The maximum atomic E-state index is 13.2. The van der Waals surface area contributed by atoms with E-state index < -0.39 is 0 Å². The first kappa shape index (κ1) is 14.9. The van der Waals surface area contributed by atoms with Gasteiger partial charge < -0.3 is 14.4 Å². The molecule has 1 aromatic rings. The van der Waals surface area contributed by atoms with Crippen LogP contribution in [0.5, 0.6) is 11.5 Å². The third-order valence-electron chi connectivity index (χ3n) is 5.55. The lowest BCUT2D eigenvalue weighted by atomic mass is 9.83. The molecule has 4 heteroatoms. The van der Waals surface area contributed by atoms with Gasteiger partial charge in [0, 0.05) is 12.6 Å². The molecule has 4 rings (SSSR count). The van der Waals surface area contributed by atoms with E-state index in [0.717, 1.165) is 19.4 Å². The molecular formula is C19H25NO3. The molecule has 0 N–H and O–H groups in total. The average Bonchev–Trinajstić information content (AvgIpc) is 3.11. The zero-order valence-corrected chi connectivity index (χ0v) is 13.6. The van der Waals surface area contributed by atoms with E-state index in [1.165, 1.54) is 32.1 Å². The van der Waals surface area contributed by atoms with Crippen LogP contribution in [0, 0.1) is 5.92 Å². The molecule has 124 valence electrons.